The molecule has 1 atom stereocenters. The minimum absolute atomic E-state index is 0.0477. The molecule has 1 fully saturated rings. The van der Waals surface area contributed by atoms with E-state index in [2.05, 4.69) is 0 Å². The van der Waals surface area contributed by atoms with Gasteiger partial charge >= 0.3 is 6.18 Å². The Morgan fingerprint density at radius 2 is 2.05 bits per heavy atom. The lowest BCUT2D eigenvalue weighted by Crippen LogP contribution is -2.23. The highest BCUT2D eigenvalue weighted by Gasteiger charge is 2.34. The molecular formula is C13H15F4NO. The largest absolute Gasteiger partial charge is 0.416 e. The molecule has 0 aliphatic carbocycles. The smallest absolute Gasteiger partial charge is 0.396 e. The van der Waals surface area contributed by atoms with Gasteiger partial charge in [0.05, 0.1) is 5.56 Å². The van der Waals surface area contributed by atoms with Crippen molar-refractivity contribution in [1.29, 1.82) is 0 Å². The number of hydrogen-bond acceptors (Lipinski definition) is 2. The van der Waals surface area contributed by atoms with E-state index in [0.717, 1.165) is 12.5 Å². The van der Waals surface area contributed by atoms with Crippen LogP contribution in [-0.4, -0.2) is 29.7 Å². The van der Waals surface area contributed by atoms with Gasteiger partial charge < -0.3 is 5.11 Å². The van der Waals surface area contributed by atoms with Crippen molar-refractivity contribution in [3.63, 3.8) is 0 Å². The van der Waals surface area contributed by atoms with E-state index in [4.69, 9.17) is 5.11 Å². The summed E-state index contributed by atoms with van der Waals surface area (Å²) in [5.74, 6) is -0.763. The number of rotatable bonds is 3. The van der Waals surface area contributed by atoms with Crippen LogP contribution in [0.5, 0.6) is 0 Å². The Balaban J connectivity index is 2.16. The molecule has 2 rings (SSSR count). The second kappa shape index (κ2) is 5.46. The fourth-order valence-electron chi connectivity index (χ4n) is 2.40. The first kappa shape index (κ1) is 14.3. The summed E-state index contributed by atoms with van der Waals surface area (Å²) in [7, 11) is 0. The average Bonchev–Trinajstić information content (AvgIpc) is 2.78. The number of likely N-dealkylation sites (tertiary alicyclic amines) is 1. The summed E-state index contributed by atoms with van der Waals surface area (Å²) in [4.78, 5) is 1.85. The van der Waals surface area contributed by atoms with Crippen LogP contribution in [0.15, 0.2) is 18.2 Å². The van der Waals surface area contributed by atoms with Crippen LogP contribution in [0.2, 0.25) is 0 Å². The van der Waals surface area contributed by atoms with Gasteiger partial charge in [-0.1, -0.05) is 6.07 Å². The molecular weight excluding hydrogens is 262 g/mol. The van der Waals surface area contributed by atoms with Crippen LogP contribution in [0.25, 0.3) is 0 Å². The van der Waals surface area contributed by atoms with Crippen molar-refractivity contribution < 1.29 is 22.7 Å². The van der Waals surface area contributed by atoms with Crippen LogP contribution >= 0.6 is 0 Å². The number of benzene rings is 1. The SMILES string of the molecule is OCC1CCN(Cc2ccc(F)cc2C(F)(F)F)C1. The predicted molar refractivity (Wildman–Crippen MR) is 61.9 cm³/mol. The third-order valence-electron chi connectivity index (χ3n) is 3.40. The summed E-state index contributed by atoms with van der Waals surface area (Å²) in [6, 6.07) is 2.77. The molecule has 19 heavy (non-hydrogen) atoms. The molecule has 0 spiro atoms. The molecule has 1 saturated heterocycles. The summed E-state index contributed by atoms with van der Waals surface area (Å²) < 4.78 is 51.4. The Bertz CT molecular complexity index is 447. The van der Waals surface area contributed by atoms with Crippen molar-refractivity contribution in [3.05, 3.63) is 35.1 Å². The lowest BCUT2D eigenvalue weighted by atomic mass is 10.1. The summed E-state index contributed by atoms with van der Waals surface area (Å²) in [5.41, 5.74) is -0.840. The van der Waals surface area contributed by atoms with Crippen molar-refractivity contribution in [3.8, 4) is 0 Å². The molecule has 6 heteroatoms. The minimum Gasteiger partial charge on any atom is -0.396 e. The zero-order valence-corrected chi connectivity index (χ0v) is 10.3. The van der Waals surface area contributed by atoms with Crippen molar-refractivity contribution >= 4 is 0 Å². The topological polar surface area (TPSA) is 23.5 Å². The van der Waals surface area contributed by atoms with Gasteiger partial charge in [0.1, 0.15) is 5.82 Å². The second-order valence-electron chi connectivity index (χ2n) is 4.87. The van der Waals surface area contributed by atoms with E-state index in [1.807, 2.05) is 4.90 Å². The third-order valence-corrected chi connectivity index (χ3v) is 3.40. The maximum Gasteiger partial charge on any atom is 0.416 e. The first-order valence-corrected chi connectivity index (χ1v) is 6.09. The van der Waals surface area contributed by atoms with Crippen molar-refractivity contribution in [2.45, 2.75) is 19.1 Å². The van der Waals surface area contributed by atoms with E-state index in [1.54, 1.807) is 0 Å². The fraction of sp³-hybridized carbons (Fsp3) is 0.538. The van der Waals surface area contributed by atoms with Gasteiger partial charge in [0, 0.05) is 19.7 Å². The van der Waals surface area contributed by atoms with E-state index in [1.165, 1.54) is 6.07 Å². The van der Waals surface area contributed by atoms with Crippen LogP contribution < -0.4 is 0 Å². The summed E-state index contributed by atoms with van der Waals surface area (Å²) >= 11 is 0. The van der Waals surface area contributed by atoms with Gasteiger partial charge in [-0.3, -0.25) is 4.90 Å². The maximum absolute atomic E-state index is 13.0. The zero-order valence-electron chi connectivity index (χ0n) is 10.3. The van der Waals surface area contributed by atoms with E-state index in [0.29, 0.717) is 19.2 Å². The highest BCUT2D eigenvalue weighted by molar-refractivity contribution is 5.30. The number of nitrogens with zero attached hydrogens (tertiary/aromatic N) is 1. The molecule has 1 aliphatic rings. The lowest BCUT2D eigenvalue weighted by Gasteiger charge is -2.19. The van der Waals surface area contributed by atoms with Crippen molar-refractivity contribution in [2.75, 3.05) is 19.7 Å². The molecule has 0 amide bonds. The Morgan fingerprint density at radius 1 is 1.32 bits per heavy atom. The standard InChI is InChI=1S/C13H15F4NO/c14-11-2-1-10(12(5-11)13(15,16)17)7-18-4-3-9(6-18)8-19/h1-2,5,9,19H,3-4,6-8H2. The normalized spacial score (nSPS) is 21.0. The molecule has 0 bridgehead atoms. The quantitative estimate of drug-likeness (QED) is 0.859. The fourth-order valence-corrected chi connectivity index (χ4v) is 2.40. The number of aliphatic hydroxyl groups is 1. The number of hydrogen-bond donors (Lipinski definition) is 1. The van der Waals surface area contributed by atoms with Crippen molar-refractivity contribution in [2.24, 2.45) is 5.92 Å². The van der Waals surface area contributed by atoms with Crippen LogP contribution in [0.3, 0.4) is 0 Å². The molecule has 1 heterocycles. The Hall–Kier alpha value is -1.14. The molecule has 1 aromatic carbocycles. The van der Waals surface area contributed by atoms with E-state index >= 15 is 0 Å². The monoisotopic (exact) mass is 277 g/mol. The molecule has 106 valence electrons. The van der Waals surface area contributed by atoms with Gasteiger partial charge in [-0.25, -0.2) is 4.39 Å². The number of halogens is 4. The van der Waals surface area contributed by atoms with Crippen LogP contribution in [0, 0.1) is 11.7 Å². The van der Waals surface area contributed by atoms with Crippen molar-refractivity contribution in [1.82, 2.24) is 4.90 Å². The van der Waals surface area contributed by atoms with Gasteiger partial charge in [0.25, 0.3) is 0 Å². The molecule has 1 aliphatic heterocycles. The summed E-state index contributed by atoms with van der Waals surface area (Å²) in [6.07, 6.45) is -3.77. The first-order chi connectivity index (χ1) is 8.90. The summed E-state index contributed by atoms with van der Waals surface area (Å²) in [6.45, 7) is 1.41. The molecule has 2 nitrogen and oxygen atoms in total. The molecule has 0 saturated carbocycles. The highest BCUT2D eigenvalue weighted by atomic mass is 19.4. The lowest BCUT2D eigenvalue weighted by molar-refractivity contribution is -0.138. The Labute approximate surface area is 108 Å². The zero-order chi connectivity index (χ0) is 14.0. The number of aliphatic hydroxyl groups excluding tert-OH is 1. The third kappa shape index (κ3) is 3.45. The number of alkyl halides is 3. The van der Waals surface area contributed by atoms with Gasteiger partial charge in [-0.15, -0.1) is 0 Å². The molecule has 0 radical (unpaired) electrons. The first-order valence-electron chi connectivity index (χ1n) is 6.09. The van der Waals surface area contributed by atoms with Crippen LogP contribution in [-0.2, 0) is 12.7 Å². The highest BCUT2D eigenvalue weighted by Crippen LogP contribution is 2.33. The second-order valence-corrected chi connectivity index (χ2v) is 4.87. The van der Waals surface area contributed by atoms with Gasteiger partial charge in [0.15, 0.2) is 0 Å². The molecule has 1 unspecified atom stereocenters. The Morgan fingerprint density at radius 3 is 2.63 bits per heavy atom. The van der Waals surface area contributed by atoms with E-state index in [-0.39, 0.29) is 24.6 Å². The molecule has 1 N–H and O–H groups in total. The van der Waals surface area contributed by atoms with Crippen LogP contribution in [0.4, 0.5) is 17.6 Å². The van der Waals surface area contributed by atoms with E-state index < -0.39 is 17.6 Å². The van der Waals surface area contributed by atoms with Crippen LogP contribution in [0.1, 0.15) is 17.5 Å². The molecule has 1 aromatic rings. The maximum atomic E-state index is 13.0. The van der Waals surface area contributed by atoms with E-state index in [9.17, 15) is 17.6 Å². The Kier molecular flexibility index (Phi) is 4.10. The van der Waals surface area contributed by atoms with Gasteiger partial charge in [0.2, 0.25) is 0 Å². The minimum atomic E-state index is -4.55. The summed E-state index contributed by atoms with van der Waals surface area (Å²) in [5, 5.41) is 9.01. The average molecular weight is 277 g/mol. The van der Waals surface area contributed by atoms with Gasteiger partial charge in [-0.05, 0) is 36.6 Å². The predicted octanol–water partition coefficient (Wildman–Crippen LogP) is 2.66. The van der Waals surface area contributed by atoms with Gasteiger partial charge in [-0.2, -0.15) is 13.2 Å². The molecule has 0 aromatic heterocycles.